The normalized spacial score (nSPS) is 23.0. The Hall–Kier alpha value is -2.20. The van der Waals surface area contributed by atoms with Crippen LogP contribution in [0.15, 0.2) is 11.2 Å². The Morgan fingerprint density at radius 2 is 2.07 bits per heavy atom. The maximum atomic E-state index is 12.6. The van der Waals surface area contributed by atoms with Crippen molar-refractivity contribution < 1.29 is 23.4 Å². The quantitative estimate of drug-likeness (QED) is 0.498. The van der Waals surface area contributed by atoms with Crippen LogP contribution < -0.4 is 10.6 Å². The standard InChI is InChI=1S/C20H29F2N5O3/c1-12(11-30-19(21)22)26-20-25-10-16(18(29)24-9-13-2-3-13)17(27-20)23-8-14-4-6-15(28)7-5-14/h8,10,12-15,19,28H,2-7,9,11H2,1H3,(H,24,29)(H,25,26,27)/b23-8-/t12-,14?,15?/m0/s1. The number of anilines is 1. The molecule has 30 heavy (non-hydrogen) atoms. The van der Waals surface area contributed by atoms with Gasteiger partial charge in [-0.15, -0.1) is 0 Å². The molecule has 0 aromatic carbocycles. The molecule has 2 aliphatic carbocycles. The molecule has 2 saturated carbocycles. The molecule has 2 fully saturated rings. The van der Waals surface area contributed by atoms with Crippen molar-refractivity contribution in [1.29, 1.82) is 0 Å². The first kappa shape index (κ1) is 22.5. The Kier molecular flexibility index (Phi) is 8.03. The van der Waals surface area contributed by atoms with E-state index in [1.165, 1.54) is 6.20 Å². The zero-order chi connectivity index (χ0) is 21.5. The van der Waals surface area contributed by atoms with Crippen molar-refractivity contribution in [2.75, 3.05) is 18.5 Å². The lowest BCUT2D eigenvalue weighted by Gasteiger charge is -2.22. The highest BCUT2D eigenvalue weighted by molar-refractivity contribution is 5.98. The highest BCUT2D eigenvalue weighted by Crippen LogP contribution is 2.28. The lowest BCUT2D eigenvalue weighted by molar-refractivity contribution is -0.130. The zero-order valence-electron chi connectivity index (χ0n) is 17.1. The zero-order valence-corrected chi connectivity index (χ0v) is 17.1. The summed E-state index contributed by atoms with van der Waals surface area (Å²) in [6, 6.07) is -0.454. The summed E-state index contributed by atoms with van der Waals surface area (Å²) in [7, 11) is 0. The Balaban J connectivity index is 1.70. The molecule has 0 aliphatic heterocycles. The molecule has 0 spiro atoms. The van der Waals surface area contributed by atoms with Crippen LogP contribution in [0.2, 0.25) is 0 Å². The third-order valence-electron chi connectivity index (χ3n) is 5.26. The number of alkyl halides is 2. The van der Waals surface area contributed by atoms with Crippen molar-refractivity contribution in [3.63, 3.8) is 0 Å². The number of hydrogen-bond acceptors (Lipinski definition) is 7. The smallest absolute Gasteiger partial charge is 0.345 e. The predicted octanol–water partition coefficient (Wildman–Crippen LogP) is 2.91. The molecule has 1 heterocycles. The van der Waals surface area contributed by atoms with Crippen LogP contribution in [-0.2, 0) is 4.74 Å². The molecule has 0 unspecified atom stereocenters. The van der Waals surface area contributed by atoms with E-state index in [1.54, 1.807) is 13.1 Å². The average Bonchev–Trinajstić information content (AvgIpc) is 3.55. The minimum atomic E-state index is -2.85. The lowest BCUT2D eigenvalue weighted by Crippen LogP contribution is -2.27. The summed E-state index contributed by atoms with van der Waals surface area (Å²) in [6.45, 7) is -0.780. The van der Waals surface area contributed by atoms with Gasteiger partial charge in [-0.25, -0.2) is 9.98 Å². The Morgan fingerprint density at radius 3 is 2.73 bits per heavy atom. The summed E-state index contributed by atoms with van der Waals surface area (Å²) in [6.07, 6.45) is 8.26. The fourth-order valence-electron chi connectivity index (χ4n) is 3.26. The van der Waals surface area contributed by atoms with Crippen LogP contribution >= 0.6 is 0 Å². The van der Waals surface area contributed by atoms with Gasteiger partial charge in [-0.05, 0) is 57.3 Å². The molecule has 1 aromatic rings. The summed E-state index contributed by atoms with van der Waals surface area (Å²) < 4.78 is 28.7. The van der Waals surface area contributed by atoms with Crippen LogP contribution in [0.1, 0.15) is 55.8 Å². The fourth-order valence-corrected chi connectivity index (χ4v) is 3.26. The molecular weight excluding hydrogens is 396 g/mol. The van der Waals surface area contributed by atoms with Crippen LogP contribution in [-0.4, -0.2) is 59.1 Å². The molecule has 2 aliphatic rings. The van der Waals surface area contributed by atoms with Gasteiger partial charge in [0.1, 0.15) is 5.56 Å². The topological polar surface area (TPSA) is 109 Å². The van der Waals surface area contributed by atoms with E-state index in [2.05, 4.69) is 30.3 Å². The number of nitrogens with one attached hydrogen (secondary N) is 2. The molecule has 1 aromatic heterocycles. The average molecular weight is 425 g/mol. The van der Waals surface area contributed by atoms with Gasteiger partial charge in [0.2, 0.25) is 5.95 Å². The van der Waals surface area contributed by atoms with Gasteiger partial charge in [0.25, 0.3) is 5.91 Å². The van der Waals surface area contributed by atoms with Crippen molar-refractivity contribution in [2.24, 2.45) is 16.8 Å². The van der Waals surface area contributed by atoms with E-state index in [0.717, 1.165) is 38.5 Å². The van der Waals surface area contributed by atoms with Crippen molar-refractivity contribution in [3.8, 4) is 0 Å². The number of hydrogen-bond donors (Lipinski definition) is 3. The minimum absolute atomic E-state index is 0.185. The number of carbonyl (C=O) groups excluding carboxylic acids is 1. The van der Waals surface area contributed by atoms with E-state index in [0.29, 0.717) is 12.5 Å². The Morgan fingerprint density at radius 1 is 1.33 bits per heavy atom. The van der Waals surface area contributed by atoms with E-state index < -0.39 is 12.7 Å². The summed E-state index contributed by atoms with van der Waals surface area (Å²) in [5.74, 6) is 0.876. The second-order valence-corrected chi connectivity index (χ2v) is 8.07. The number of carbonyl (C=O) groups is 1. The number of amides is 1. The van der Waals surface area contributed by atoms with Crippen LogP contribution in [0.4, 0.5) is 20.5 Å². The SMILES string of the molecule is C[C@@H](COC(F)F)Nc1ncc(C(=O)NCC2CC2)c(/N=C\C2CCC(O)CC2)n1. The summed E-state index contributed by atoms with van der Waals surface area (Å²) in [4.78, 5) is 25.5. The van der Waals surface area contributed by atoms with E-state index in [4.69, 9.17) is 0 Å². The first-order valence-corrected chi connectivity index (χ1v) is 10.4. The van der Waals surface area contributed by atoms with Gasteiger partial charge >= 0.3 is 6.61 Å². The van der Waals surface area contributed by atoms with Gasteiger partial charge in [-0.2, -0.15) is 13.8 Å². The van der Waals surface area contributed by atoms with Gasteiger partial charge in [0.15, 0.2) is 5.82 Å². The number of rotatable bonds is 10. The van der Waals surface area contributed by atoms with Crippen molar-refractivity contribution in [3.05, 3.63) is 11.8 Å². The molecule has 10 heteroatoms. The number of aliphatic hydroxyl groups excluding tert-OH is 1. The summed E-state index contributed by atoms with van der Waals surface area (Å²) in [5.41, 5.74) is 0.268. The van der Waals surface area contributed by atoms with E-state index in [9.17, 15) is 18.7 Å². The molecule has 0 bridgehead atoms. The van der Waals surface area contributed by atoms with Gasteiger partial charge in [0.05, 0.1) is 12.7 Å². The van der Waals surface area contributed by atoms with Crippen molar-refractivity contribution in [2.45, 2.75) is 64.2 Å². The first-order chi connectivity index (χ1) is 14.4. The number of nitrogens with zero attached hydrogens (tertiary/aromatic N) is 3. The summed E-state index contributed by atoms with van der Waals surface area (Å²) in [5, 5.41) is 15.4. The van der Waals surface area contributed by atoms with Crippen molar-refractivity contribution in [1.82, 2.24) is 15.3 Å². The van der Waals surface area contributed by atoms with E-state index >= 15 is 0 Å². The fraction of sp³-hybridized carbons (Fsp3) is 0.700. The van der Waals surface area contributed by atoms with Crippen LogP contribution in [0.3, 0.4) is 0 Å². The van der Waals surface area contributed by atoms with Crippen LogP contribution in [0.5, 0.6) is 0 Å². The van der Waals surface area contributed by atoms with Crippen molar-refractivity contribution >= 4 is 23.9 Å². The second kappa shape index (κ2) is 10.7. The number of aromatic nitrogens is 2. The molecule has 0 radical (unpaired) electrons. The highest BCUT2D eigenvalue weighted by atomic mass is 19.3. The van der Waals surface area contributed by atoms with Gasteiger partial charge < -0.3 is 20.5 Å². The molecule has 1 atom stereocenters. The minimum Gasteiger partial charge on any atom is -0.393 e. The Bertz CT molecular complexity index is 737. The van der Waals surface area contributed by atoms with Gasteiger partial charge in [-0.3, -0.25) is 4.79 Å². The predicted molar refractivity (Wildman–Crippen MR) is 108 cm³/mol. The van der Waals surface area contributed by atoms with E-state index in [1.807, 2.05) is 0 Å². The summed E-state index contributed by atoms with van der Waals surface area (Å²) >= 11 is 0. The van der Waals surface area contributed by atoms with E-state index in [-0.39, 0.29) is 41.9 Å². The number of aliphatic hydroxyl groups is 1. The molecule has 3 rings (SSSR count). The highest BCUT2D eigenvalue weighted by Gasteiger charge is 2.23. The molecule has 166 valence electrons. The number of halogens is 2. The van der Waals surface area contributed by atoms with Gasteiger partial charge in [0, 0.05) is 25.0 Å². The molecule has 3 N–H and O–H groups in total. The maximum Gasteiger partial charge on any atom is 0.345 e. The largest absolute Gasteiger partial charge is 0.393 e. The maximum absolute atomic E-state index is 12.6. The molecular formula is C20H29F2N5O3. The Labute approximate surface area is 174 Å². The molecule has 0 saturated heterocycles. The monoisotopic (exact) mass is 425 g/mol. The first-order valence-electron chi connectivity index (χ1n) is 10.4. The van der Waals surface area contributed by atoms with Crippen LogP contribution in [0.25, 0.3) is 0 Å². The third-order valence-corrected chi connectivity index (χ3v) is 5.26. The number of aliphatic imine (C=N–C) groups is 1. The van der Waals surface area contributed by atoms with Gasteiger partial charge in [-0.1, -0.05) is 0 Å². The molecule has 8 nitrogen and oxygen atoms in total. The second-order valence-electron chi connectivity index (χ2n) is 8.07. The molecule has 1 amide bonds. The third kappa shape index (κ3) is 7.24. The van der Waals surface area contributed by atoms with Crippen LogP contribution in [0, 0.1) is 11.8 Å². The lowest BCUT2D eigenvalue weighted by atomic mass is 9.88. The number of ether oxygens (including phenoxy) is 1.